The summed E-state index contributed by atoms with van der Waals surface area (Å²) in [5.41, 5.74) is 1.39. The Morgan fingerprint density at radius 3 is 2.57 bits per heavy atom. The Labute approximate surface area is 176 Å². The third-order valence-electron chi connectivity index (χ3n) is 5.41. The summed E-state index contributed by atoms with van der Waals surface area (Å²) in [6, 6.07) is 2.75. The molecule has 3 rings (SSSR count). The maximum Gasteiger partial charge on any atom is 0.331 e. The number of hydrogen-bond acceptors (Lipinski definition) is 5. The Hall–Kier alpha value is -3.09. The molecule has 0 bridgehead atoms. The third-order valence-corrected chi connectivity index (χ3v) is 5.41. The highest BCUT2D eigenvalue weighted by atomic mass is 16.5. The molecule has 1 saturated heterocycles. The van der Waals surface area contributed by atoms with Gasteiger partial charge in [0.15, 0.2) is 11.5 Å². The quantitative estimate of drug-likeness (QED) is 0.420. The number of carbonyl (C=O) groups is 3. The normalized spacial score (nSPS) is 19.1. The van der Waals surface area contributed by atoms with E-state index in [1.807, 2.05) is 13.0 Å². The lowest BCUT2D eigenvalue weighted by Crippen LogP contribution is -2.58. The molecule has 0 radical (unpaired) electrons. The molecule has 0 aromatic heterocycles. The number of benzene rings is 1. The van der Waals surface area contributed by atoms with Gasteiger partial charge >= 0.3 is 6.03 Å². The van der Waals surface area contributed by atoms with Crippen LogP contribution in [0.25, 0.3) is 6.08 Å². The molecule has 0 atom stereocenters. The van der Waals surface area contributed by atoms with Crippen molar-refractivity contribution in [3.8, 4) is 11.5 Å². The van der Waals surface area contributed by atoms with Crippen molar-refractivity contribution in [2.75, 3.05) is 13.7 Å². The molecular weight excluding hydrogens is 384 g/mol. The number of rotatable bonds is 7. The highest BCUT2D eigenvalue weighted by Gasteiger charge is 2.40. The Morgan fingerprint density at radius 2 is 1.93 bits per heavy atom. The smallest absolute Gasteiger partial charge is 0.331 e. The first-order valence-corrected chi connectivity index (χ1v) is 10.3. The van der Waals surface area contributed by atoms with Crippen molar-refractivity contribution in [1.29, 1.82) is 0 Å². The largest absolute Gasteiger partial charge is 0.493 e. The summed E-state index contributed by atoms with van der Waals surface area (Å²) in [5, 5.41) is 2.31. The van der Waals surface area contributed by atoms with Crippen molar-refractivity contribution < 1.29 is 23.9 Å². The molecule has 1 aromatic rings. The number of carbonyl (C=O) groups excluding carboxylic acids is 3. The van der Waals surface area contributed by atoms with Gasteiger partial charge in [0, 0.05) is 11.6 Å². The van der Waals surface area contributed by atoms with Crippen LogP contribution in [0.3, 0.4) is 0 Å². The topological polar surface area (TPSA) is 84.9 Å². The minimum absolute atomic E-state index is 0.0593. The van der Waals surface area contributed by atoms with Crippen molar-refractivity contribution in [3.63, 3.8) is 0 Å². The fourth-order valence-corrected chi connectivity index (χ4v) is 4.04. The standard InChI is InChI=1S/C23H28N2O5/c1-4-9-16-12-15(14-19(29-3)20(16)30-5-2)13-18-21(26)24-23(28)25(22(18)27)17-10-7-6-8-11-17/h4,12-14,17H,1,5-11H2,2-3H3,(H,24,26,28). The predicted molar refractivity (Wildman–Crippen MR) is 113 cm³/mol. The second-order valence-electron chi connectivity index (χ2n) is 7.42. The monoisotopic (exact) mass is 412 g/mol. The van der Waals surface area contributed by atoms with Crippen LogP contribution in [0.15, 0.2) is 30.4 Å². The van der Waals surface area contributed by atoms with E-state index in [2.05, 4.69) is 11.9 Å². The minimum atomic E-state index is -0.685. The molecule has 1 saturated carbocycles. The van der Waals surface area contributed by atoms with Crippen molar-refractivity contribution >= 4 is 23.9 Å². The Balaban J connectivity index is 2.00. The van der Waals surface area contributed by atoms with Crippen LogP contribution < -0.4 is 14.8 Å². The van der Waals surface area contributed by atoms with Crippen LogP contribution in [0.2, 0.25) is 0 Å². The first-order chi connectivity index (χ1) is 14.5. The summed E-state index contributed by atoms with van der Waals surface area (Å²) >= 11 is 0. The van der Waals surface area contributed by atoms with Crippen LogP contribution in [0.5, 0.6) is 11.5 Å². The maximum absolute atomic E-state index is 13.1. The van der Waals surface area contributed by atoms with E-state index in [0.717, 1.165) is 37.7 Å². The highest BCUT2D eigenvalue weighted by Crippen LogP contribution is 2.35. The number of amides is 4. The predicted octanol–water partition coefficient (Wildman–Crippen LogP) is 3.62. The number of ether oxygens (including phenoxy) is 2. The first kappa shape index (κ1) is 21.6. The molecule has 0 spiro atoms. The molecule has 7 nitrogen and oxygen atoms in total. The van der Waals surface area contributed by atoms with Crippen LogP contribution in [-0.4, -0.2) is 42.5 Å². The van der Waals surface area contributed by atoms with Crippen LogP contribution >= 0.6 is 0 Å². The average molecular weight is 412 g/mol. The molecule has 2 aliphatic rings. The summed E-state index contributed by atoms with van der Waals surface area (Å²) in [6.07, 6.45) is 8.35. The number of hydrogen-bond donors (Lipinski definition) is 1. The summed E-state index contributed by atoms with van der Waals surface area (Å²) in [5.74, 6) is -0.114. The molecule has 1 aliphatic heterocycles. The minimum Gasteiger partial charge on any atom is -0.493 e. The van der Waals surface area contributed by atoms with Gasteiger partial charge in [-0.15, -0.1) is 6.58 Å². The SMILES string of the molecule is C=CCc1cc(C=C2C(=O)NC(=O)N(C3CCCCC3)C2=O)cc(OC)c1OCC. The van der Waals surface area contributed by atoms with Gasteiger partial charge in [0.25, 0.3) is 11.8 Å². The highest BCUT2D eigenvalue weighted by molar-refractivity contribution is 6.31. The zero-order valence-electron chi connectivity index (χ0n) is 17.5. The fraction of sp³-hybridized carbons (Fsp3) is 0.435. The van der Waals surface area contributed by atoms with Crippen LogP contribution in [-0.2, 0) is 16.0 Å². The second-order valence-corrected chi connectivity index (χ2v) is 7.42. The Kier molecular flexibility index (Phi) is 6.92. The summed E-state index contributed by atoms with van der Waals surface area (Å²) in [7, 11) is 1.54. The third kappa shape index (κ3) is 4.40. The molecule has 2 fully saturated rings. The lowest BCUT2D eigenvalue weighted by Gasteiger charge is -2.35. The zero-order chi connectivity index (χ0) is 21.7. The van der Waals surface area contributed by atoms with Crippen molar-refractivity contribution in [3.05, 3.63) is 41.5 Å². The maximum atomic E-state index is 13.1. The molecule has 30 heavy (non-hydrogen) atoms. The van der Waals surface area contributed by atoms with Gasteiger partial charge < -0.3 is 9.47 Å². The number of imide groups is 2. The number of barbiturate groups is 1. The number of allylic oxidation sites excluding steroid dienone is 1. The van der Waals surface area contributed by atoms with Gasteiger partial charge in [-0.1, -0.05) is 25.3 Å². The van der Waals surface area contributed by atoms with E-state index in [4.69, 9.17) is 9.47 Å². The van der Waals surface area contributed by atoms with E-state index in [1.54, 1.807) is 12.1 Å². The van der Waals surface area contributed by atoms with E-state index < -0.39 is 17.8 Å². The van der Waals surface area contributed by atoms with Gasteiger partial charge in [0.2, 0.25) is 0 Å². The molecule has 1 aromatic carbocycles. The van der Waals surface area contributed by atoms with E-state index in [1.165, 1.54) is 18.1 Å². The molecule has 1 aliphatic carbocycles. The summed E-state index contributed by atoms with van der Waals surface area (Å²) in [6.45, 7) is 6.13. The lowest BCUT2D eigenvalue weighted by atomic mass is 9.93. The van der Waals surface area contributed by atoms with Crippen LogP contribution in [0, 0.1) is 0 Å². The van der Waals surface area contributed by atoms with Crippen molar-refractivity contribution in [2.24, 2.45) is 0 Å². The second kappa shape index (κ2) is 9.61. The zero-order valence-corrected chi connectivity index (χ0v) is 17.5. The number of nitrogens with one attached hydrogen (secondary N) is 1. The molecular formula is C23H28N2O5. The van der Waals surface area contributed by atoms with Gasteiger partial charge in [-0.2, -0.15) is 0 Å². The van der Waals surface area contributed by atoms with Crippen LogP contribution in [0.1, 0.15) is 50.2 Å². The van der Waals surface area contributed by atoms with Gasteiger partial charge in [0.05, 0.1) is 13.7 Å². The number of urea groups is 1. The van der Waals surface area contributed by atoms with Gasteiger partial charge in [-0.05, 0) is 50.0 Å². The van der Waals surface area contributed by atoms with Crippen molar-refractivity contribution in [2.45, 2.75) is 51.5 Å². The molecule has 1 N–H and O–H groups in total. The van der Waals surface area contributed by atoms with Gasteiger partial charge in [-0.3, -0.25) is 19.8 Å². The number of methoxy groups -OCH3 is 1. The van der Waals surface area contributed by atoms with E-state index in [0.29, 0.717) is 30.1 Å². The first-order valence-electron chi connectivity index (χ1n) is 10.3. The fourth-order valence-electron chi connectivity index (χ4n) is 4.04. The molecule has 4 amide bonds. The number of nitrogens with zero attached hydrogens (tertiary/aromatic N) is 1. The molecule has 0 unspecified atom stereocenters. The summed E-state index contributed by atoms with van der Waals surface area (Å²) < 4.78 is 11.2. The Morgan fingerprint density at radius 1 is 1.20 bits per heavy atom. The van der Waals surface area contributed by atoms with Crippen LogP contribution in [0.4, 0.5) is 4.79 Å². The Bertz CT molecular complexity index is 884. The van der Waals surface area contributed by atoms with Crippen molar-refractivity contribution in [1.82, 2.24) is 10.2 Å². The van der Waals surface area contributed by atoms with Gasteiger partial charge in [-0.25, -0.2) is 4.79 Å². The molecule has 7 heteroatoms. The van der Waals surface area contributed by atoms with E-state index >= 15 is 0 Å². The summed E-state index contributed by atoms with van der Waals surface area (Å²) in [4.78, 5) is 39.1. The van der Waals surface area contributed by atoms with E-state index in [9.17, 15) is 14.4 Å². The molecule has 160 valence electrons. The molecule has 1 heterocycles. The lowest BCUT2D eigenvalue weighted by molar-refractivity contribution is -0.132. The van der Waals surface area contributed by atoms with E-state index in [-0.39, 0.29) is 11.6 Å². The average Bonchev–Trinajstić information content (AvgIpc) is 2.73. The van der Waals surface area contributed by atoms with Gasteiger partial charge in [0.1, 0.15) is 5.57 Å².